The molecule has 0 saturated carbocycles. The van der Waals surface area contributed by atoms with Crippen LogP contribution in [0.2, 0.25) is 0 Å². The number of hydrogen-bond donors (Lipinski definition) is 1. The quantitative estimate of drug-likeness (QED) is 0.524. The minimum atomic E-state index is -4.57. The van der Waals surface area contributed by atoms with Gasteiger partial charge in [-0.15, -0.1) is 0 Å². The monoisotopic (exact) mass is 405 g/mol. The van der Waals surface area contributed by atoms with Crippen LogP contribution in [0.4, 0.5) is 18.9 Å². The first kappa shape index (κ1) is 20.1. The number of anilines is 1. The van der Waals surface area contributed by atoms with E-state index in [9.17, 15) is 27.6 Å². The van der Waals surface area contributed by atoms with Crippen LogP contribution in [0.15, 0.2) is 63.8 Å². The van der Waals surface area contributed by atoms with E-state index in [4.69, 9.17) is 9.15 Å². The molecule has 0 radical (unpaired) electrons. The number of halogens is 3. The minimum absolute atomic E-state index is 0.113. The minimum Gasteiger partial charge on any atom is -0.449 e. The Morgan fingerprint density at radius 3 is 2.52 bits per heavy atom. The Morgan fingerprint density at radius 1 is 1.07 bits per heavy atom. The number of ether oxygens (including phenoxy) is 1. The van der Waals surface area contributed by atoms with Crippen LogP contribution in [0.25, 0.3) is 11.0 Å². The summed E-state index contributed by atoms with van der Waals surface area (Å²) >= 11 is 0. The van der Waals surface area contributed by atoms with Crippen molar-refractivity contribution in [2.45, 2.75) is 19.2 Å². The molecule has 29 heavy (non-hydrogen) atoms. The van der Waals surface area contributed by atoms with Gasteiger partial charge in [0.15, 0.2) is 6.10 Å². The SMILES string of the molecule is C[C@@H](OC(=O)c1cc2ccccc2oc1=O)C(=O)Nc1cccc(C(F)(F)F)c1. The standard InChI is InChI=1S/C20H14F3NO5/c1-11(17(25)24-14-7-4-6-13(10-14)20(21,22)23)28-18(26)15-9-12-5-2-3-8-16(12)29-19(15)27/h2-11H,1H3,(H,24,25)/t11-/m1/s1. The number of rotatable bonds is 4. The van der Waals surface area contributed by atoms with Gasteiger partial charge < -0.3 is 14.5 Å². The van der Waals surface area contributed by atoms with Gasteiger partial charge in [0.25, 0.3) is 5.91 Å². The Kier molecular flexibility index (Phi) is 5.40. The van der Waals surface area contributed by atoms with Crippen molar-refractivity contribution in [3.63, 3.8) is 0 Å². The first-order chi connectivity index (χ1) is 13.6. The molecule has 1 amide bonds. The van der Waals surface area contributed by atoms with Crippen LogP contribution in [0.3, 0.4) is 0 Å². The molecule has 9 heteroatoms. The molecule has 0 aliphatic heterocycles. The van der Waals surface area contributed by atoms with Gasteiger partial charge in [-0.05, 0) is 37.3 Å². The predicted octanol–water partition coefficient (Wildman–Crippen LogP) is 4.00. The fourth-order valence-corrected chi connectivity index (χ4v) is 2.50. The summed E-state index contributed by atoms with van der Waals surface area (Å²) in [6.07, 6.45) is -5.94. The molecule has 1 atom stereocenters. The van der Waals surface area contributed by atoms with Crippen molar-refractivity contribution in [3.8, 4) is 0 Å². The van der Waals surface area contributed by atoms with Gasteiger partial charge in [0.2, 0.25) is 0 Å². The highest BCUT2D eigenvalue weighted by Gasteiger charge is 2.30. The highest BCUT2D eigenvalue weighted by Crippen LogP contribution is 2.30. The van der Waals surface area contributed by atoms with Crippen LogP contribution < -0.4 is 10.9 Å². The Morgan fingerprint density at radius 2 is 1.79 bits per heavy atom. The van der Waals surface area contributed by atoms with Gasteiger partial charge in [0.1, 0.15) is 11.1 Å². The zero-order valence-corrected chi connectivity index (χ0v) is 14.9. The maximum absolute atomic E-state index is 12.8. The molecule has 150 valence electrons. The zero-order chi connectivity index (χ0) is 21.2. The Bertz CT molecular complexity index is 1140. The lowest BCUT2D eigenvalue weighted by Crippen LogP contribution is -2.31. The number of alkyl halides is 3. The van der Waals surface area contributed by atoms with E-state index in [2.05, 4.69) is 5.32 Å². The molecule has 0 bridgehead atoms. The van der Waals surface area contributed by atoms with Crippen molar-refractivity contribution < 1.29 is 31.9 Å². The van der Waals surface area contributed by atoms with Gasteiger partial charge in [-0.3, -0.25) is 4.79 Å². The molecule has 2 aromatic carbocycles. The second-order valence-electron chi connectivity index (χ2n) is 6.10. The van der Waals surface area contributed by atoms with Gasteiger partial charge in [0, 0.05) is 11.1 Å². The maximum Gasteiger partial charge on any atom is 0.416 e. The molecule has 1 N–H and O–H groups in total. The van der Waals surface area contributed by atoms with Crippen LogP contribution in [-0.2, 0) is 15.7 Å². The summed E-state index contributed by atoms with van der Waals surface area (Å²) < 4.78 is 48.3. The smallest absolute Gasteiger partial charge is 0.416 e. The van der Waals surface area contributed by atoms with E-state index in [1.807, 2.05) is 0 Å². The van der Waals surface area contributed by atoms with Crippen LogP contribution in [-0.4, -0.2) is 18.0 Å². The van der Waals surface area contributed by atoms with Crippen LogP contribution in [0, 0.1) is 0 Å². The summed E-state index contributed by atoms with van der Waals surface area (Å²) in [5, 5.41) is 2.72. The third-order valence-electron chi connectivity index (χ3n) is 3.97. The maximum atomic E-state index is 12.8. The normalized spacial score (nSPS) is 12.4. The van der Waals surface area contributed by atoms with Gasteiger partial charge in [-0.1, -0.05) is 24.3 Å². The average Bonchev–Trinajstić information content (AvgIpc) is 2.66. The summed E-state index contributed by atoms with van der Waals surface area (Å²) in [6, 6.07) is 11.8. The van der Waals surface area contributed by atoms with E-state index in [0.29, 0.717) is 5.39 Å². The Hall–Kier alpha value is -3.62. The number of benzene rings is 2. The number of fused-ring (bicyclic) bond motifs is 1. The number of nitrogens with one attached hydrogen (secondary N) is 1. The summed E-state index contributed by atoms with van der Waals surface area (Å²) in [5.74, 6) is -1.95. The molecule has 1 heterocycles. The lowest BCUT2D eigenvalue weighted by molar-refractivity contribution is -0.137. The van der Waals surface area contributed by atoms with Crippen molar-refractivity contribution in [2.75, 3.05) is 5.32 Å². The lowest BCUT2D eigenvalue weighted by Gasteiger charge is -2.14. The average molecular weight is 405 g/mol. The topological polar surface area (TPSA) is 85.6 Å². The first-order valence-corrected chi connectivity index (χ1v) is 8.37. The first-order valence-electron chi connectivity index (χ1n) is 8.37. The van der Waals surface area contributed by atoms with Gasteiger partial charge >= 0.3 is 17.8 Å². The number of carbonyl (C=O) groups is 2. The number of carbonyl (C=O) groups excluding carboxylic acids is 2. The van der Waals surface area contributed by atoms with E-state index >= 15 is 0 Å². The zero-order valence-electron chi connectivity index (χ0n) is 14.9. The van der Waals surface area contributed by atoms with Crippen LogP contribution >= 0.6 is 0 Å². The van der Waals surface area contributed by atoms with Crippen molar-refractivity contribution in [1.29, 1.82) is 0 Å². The fourth-order valence-electron chi connectivity index (χ4n) is 2.50. The largest absolute Gasteiger partial charge is 0.449 e. The Balaban J connectivity index is 1.72. The third-order valence-corrected chi connectivity index (χ3v) is 3.97. The molecule has 3 rings (SSSR count). The molecule has 1 aromatic heterocycles. The summed E-state index contributed by atoms with van der Waals surface area (Å²) in [6.45, 7) is 1.23. The van der Waals surface area contributed by atoms with Crippen molar-refractivity contribution in [3.05, 3.63) is 76.1 Å². The second kappa shape index (κ2) is 7.78. The van der Waals surface area contributed by atoms with E-state index in [1.54, 1.807) is 24.3 Å². The molecular formula is C20H14F3NO5. The second-order valence-corrected chi connectivity index (χ2v) is 6.10. The summed E-state index contributed by atoms with van der Waals surface area (Å²) in [5.41, 5.74) is -2.10. The highest BCUT2D eigenvalue weighted by atomic mass is 19.4. The van der Waals surface area contributed by atoms with E-state index < -0.39 is 40.9 Å². The molecule has 0 spiro atoms. The highest BCUT2D eigenvalue weighted by molar-refractivity contribution is 5.98. The predicted molar refractivity (Wildman–Crippen MR) is 97.4 cm³/mol. The number of para-hydroxylation sites is 1. The molecular weight excluding hydrogens is 391 g/mol. The Labute approximate surface area is 161 Å². The van der Waals surface area contributed by atoms with Crippen molar-refractivity contribution in [2.24, 2.45) is 0 Å². The van der Waals surface area contributed by atoms with Crippen molar-refractivity contribution >= 4 is 28.5 Å². The summed E-state index contributed by atoms with van der Waals surface area (Å²) in [7, 11) is 0. The van der Waals surface area contributed by atoms with Crippen molar-refractivity contribution in [1.82, 2.24) is 0 Å². The van der Waals surface area contributed by atoms with Gasteiger partial charge in [-0.2, -0.15) is 13.2 Å². The molecule has 0 fully saturated rings. The fraction of sp³-hybridized carbons (Fsp3) is 0.150. The van der Waals surface area contributed by atoms with Crippen LogP contribution in [0.1, 0.15) is 22.8 Å². The third kappa shape index (κ3) is 4.63. The van der Waals surface area contributed by atoms with Gasteiger partial charge in [0.05, 0.1) is 5.56 Å². The lowest BCUT2D eigenvalue weighted by atomic mass is 10.2. The number of hydrogen-bond acceptors (Lipinski definition) is 5. The molecule has 3 aromatic rings. The summed E-state index contributed by atoms with van der Waals surface area (Å²) in [4.78, 5) is 36.4. The molecule has 0 aliphatic carbocycles. The van der Waals surface area contributed by atoms with E-state index in [1.165, 1.54) is 19.1 Å². The van der Waals surface area contributed by atoms with E-state index in [0.717, 1.165) is 18.2 Å². The molecule has 0 unspecified atom stereocenters. The molecule has 6 nitrogen and oxygen atoms in total. The molecule has 0 aliphatic rings. The van der Waals surface area contributed by atoms with Crippen LogP contribution in [0.5, 0.6) is 0 Å². The number of amides is 1. The molecule has 0 saturated heterocycles. The number of esters is 1. The van der Waals surface area contributed by atoms with Gasteiger partial charge in [-0.25, -0.2) is 9.59 Å². The van der Waals surface area contributed by atoms with E-state index in [-0.39, 0.29) is 11.3 Å².